The lowest BCUT2D eigenvalue weighted by Gasteiger charge is -2.19. The van der Waals surface area contributed by atoms with Crippen molar-refractivity contribution in [2.45, 2.75) is 31.3 Å². The first-order valence-corrected chi connectivity index (χ1v) is 8.44. The van der Waals surface area contributed by atoms with Crippen LogP contribution in [0.3, 0.4) is 0 Å². The zero-order valence-electron chi connectivity index (χ0n) is 11.8. The molecule has 0 unspecified atom stereocenters. The molecule has 1 aromatic rings. The van der Waals surface area contributed by atoms with Crippen LogP contribution >= 0.6 is 23.2 Å². The Bertz CT molecular complexity index is 647. The molecule has 8 heteroatoms. The van der Waals surface area contributed by atoms with Gasteiger partial charge in [-0.25, -0.2) is 13.2 Å². The molecule has 1 N–H and O–H groups in total. The molecule has 0 aliphatic carbocycles. The highest BCUT2D eigenvalue weighted by Crippen LogP contribution is 2.31. The van der Waals surface area contributed by atoms with Gasteiger partial charge in [0.1, 0.15) is 0 Å². The molecule has 0 bridgehead atoms. The van der Waals surface area contributed by atoms with E-state index in [1.165, 1.54) is 12.1 Å². The van der Waals surface area contributed by atoms with Crippen LogP contribution in [0.25, 0.3) is 0 Å². The maximum atomic E-state index is 12.2. The van der Waals surface area contributed by atoms with Crippen LogP contribution in [0.4, 0.5) is 0 Å². The van der Waals surface area contributed by atoms with Crippen LogP contribution in [0.5, 0.6) is 0 Å². The molecule has 0 aromatic heterocycles. The lowest BCUT2D eigenvalue weighted by molar-refractivity contribution is 0.00644. The minimum absolute atomic E-state index is 0.0206. The van der Waals surface area contributed by atoms with Gasteiger partial charge in [0.25, 0.3) is 0 Å². The van der Waals surface area contributed by atoms with Crippen molar-refractivity contribution in [2.75, 3.05) is 12.4 Å². The lowest BCUT2D eigenvalue weighted by Crippen LogP contribution is -2.24. The molecule has 0 aliphatic heterocycles. The number of aromatic carboxylic acids is 1. The van der Waals surface area contributed by atoms with Crippen molar-refractivity contribution in [2.24, 2.45) is 0 Å². The van der Waals surface area contributed by atoms with Crippen LogP contribution in [0.1, 0.15) is 31.1 Å². The average molecular weight is 355 g/mol. The number of sulfone groups is 1. The molecule has 0 saturated heterocycles. The van der Waals surface area contributed by atoms with Crippen molar-refractivity contribution in [3.05, 3.63) is 27.7 Å². The third kappa shape index (κ3) is 4.85. The third-order valence-electron chi connectivity index (χ3n) is 2.49. The van der Waals surface area contributed by atoms with Crippen LogP contribution in [-0.4, -0.2) is 37.5 Å². The number of ether oxygens (including phenoxy) is 1. The van der Waals surface area contributed by atoms with Crippen LogP contribution < -0.4 is 0 Å². The first kappa shape index (κ1) is 18.2. The van der Waals surface area contributed by atoms with Crippen molar-refractivity contribution in [1.82, 2.24) is 0 Å². The predicted octanol–water partition coefficient (Wildman–Crippen LogP) is 3.28. The number of hydrogen-bond acceptors (Lipinski definition) is 4. The first-order valence-electron chi connectivity index (χ1n) is 6.04. The fraction of sp³-hybridized carbons (Fsp3) is 0.462. The molecule has 0 atom stereocenters. The molecular weight excluding hydrogens is 339 g/mol. The maximum Gasteiger partial charge on any atom is 0.338 e. The number of halogens is 2. The van der Waals surface area contributed by atoms with Gasteiger partial charge < -0.3 is 9.84 Å². The summed E-state index contributed by atoms with van der Waals surface area (Å²) in [5.74, 6) is -1.68. The van der Waals surface area contributed by atoms with E-state index in [1.54, 1.807) is 20.8 Å². The van der Waals surface area contributed by atoms with Gasteiger partial charge >= 0.3 is 5.97 Å². The Morgan fingerprint density at radius 1 is 1.29 bits per heavy atom. The molecule has 0 fully saturated rings. The van der Waals surface area contributed by atoms with Gasteiger partial charge in [-0.1, -0.05) is 23.2 Å². The molecular formula is C13H16Cl2O5S. The lowest BCUT2D eigenvalue weighted by atomic mass is 10.2. The average Bonchev–Trinajstić information content (AvgIpc) is 2.25. The Morgan fingerprint density at radius 3 is 2.33 bits per heavy atom. The van der Waals surface area contributed by atoms with Crippen LogP contribution in [0.2, 0.25) is 10.0 Å². The maximum absolute atomic E-state index is 12.2. The summed E-state index contributed by atoms with van der Waals surface area (Å²) < 4.78 is 29.8. The summed E-state index contributed by atoms with van der Waals surface area (Å²) in [5, 5.41) is 8.53. The van der Waals surface area contributed by atoms with E-state index in [9.17, 15) is 13.2 Å². The van der Waals surface area contributed by atoms with E-state index >= 15 is 0 Å². The zero-order valence-corrected chi connectivity index (χ0v) is 14.1. The molecule has 0 spiro atoms. The minimum atomic E-state index is -3.77. The second-order valence-electron chi connectivity index (χ2n) is 5.32. The number of hydrogen-bond donors (Lipinski definition) is 1. The van der Waals surface area contributed by atoms with E-state index in [1.807, 2.05) is 0 Å². The Hall–Kier alpha value is -0.820. The van der Waals surface area contributed by atoms with E-state index < -0.39 is 27.0 Å². The molecule has 0 heterocycles. The second kappa shape index (κ2) is 6.52. The fourth-order valence-corrected chi connectivity index (χ4v) is 3.60. The van der Waals surface area contributed by atoms with Crippen molar-refractivity contribution in [3.8, 4) is 0 Å². The molecule has 0 saturated carbocycles. The van der Waals surface area contributed by atoms with E-state index in [4.69, 9.17) is 33.0 Å². The number of carboxylic acid groups (broad SMARTS) is 1. The summed E-state index contributed by atoms with van der Waals surface area (Å²) >= 11 is 11.6. The summed E-state index contributed by atoms with van der Waals surface area (Å²) in [4.78, 5) is 10.8. The molecule has 1 rings (SSSR count). The van der Waals surface area contributed by atoms with Crippen molar-refractivity contribution in [3.63, 3.8) is 0 Å². The molecule has 0 aliphatic rings. The van der Waals surface area contributed by atoms with E-state index in [0.717, 1.165) is 0 Å². The van der Waals surface area contributed by atoms with Crippen molar-refractivity contribution >= 4 is 39.0 Å². The van der Waals surface area contributed by atoms with Crippen LogP contribution in [0.15, 0.2) is 17.0 Å². The largest absolute Gasteiger partial charge is 0.478 e. The highest BCUT2D eigenvalue weighted by molar-refractivity contribution is 7.91. The SMILES string of the molecule is CC(C)(C)OCCS(=O)(=O)c1ccc(Cl)c(C(=O)O)c1Cl. The molecule has 21 heavy (non-hydrogen) atoms. The smallest absolute Gasteiger partial charge is 0.338 e. The zero-order chi connectivity index (χ0) is 16.4. The van der Waals surface area contributed by atoms with Gasteiger partial charge in [-0.05, 0) is 32.9 Å². The molecule has 118 valence electrons. The normalized spacial score (nSPS) is 12.4. The van der Waals surface area contributed by atoms with Gasteiger partial charge in [-0.2, -0.15) is 0 Å². The number of rotatable bonds is 5. The van der Waals surface area contributed by atoms with Gasteiger partial charge in [0.2, 0.25) is 0 Å². The number of carbonyl (C=O) groups is 1. The Morgan fingerprint density at radius 2 is 1.86 bits per heavy atom. The molecule has 0 amide bonds. The van der Waals surface area contributed by atoms with Gasteiger partial charge in [0, 0.05) is 0 Å². The minimum Gasteiger partial charge on any atom is -0.478 e. The van der Waals surface area contributed by atoms with E-state index in [0.29, 0.717) is 0 Å². The summed E-state index contributed by atoms with van der Waals surface area (Å²) in [6.07, 6.45) is 0. The number of benzene rings is 1. The topological polar surface area (TPSA) is 80.7 Å². The van der Waals surface area contributed by atoms with Gasteiger partial charge in [0.05, 0.1) is 38.5 Å². The standard InChI is InChI=1S/C13H16Cl2O5S/c1-13(2,3)20-6-7-21(18,19)9-5-4-8(14)10(11(9)15)12(16)17/h4-5H,6-7H2,1-3H3,(H,16,17). The Kier molecular flexibility index (Phi) is 5.66. The van der Waals surface area contributed by atoms with Gasteiger partial charge in [-0.15, -0.1) is 0 Å². The Labute approximate surface area is 133 Å². The highest BCUT2D eigenvalue weighted by Gasteiger charge is 2.25. The molecule has 1 aromatic carbocycles. The molecule has 0 radical (unpaired) electrons. The highest BCUT2D eigenvalue weighted by atomic mass is 35.5. The quantitative estimate of drug-likeness (QED) is 0.877. The van der Waals surface area contributed by atoms with Crippen molar-refractivity contribution in [1.29, 1.82) is 0 Å². The van der Waals surface area contributed by atoms with E-state index in [2.05, 4.69) is 0 Å². The Balaban J connectivity index is 3.10. The fourth-order valence-electron chi connectivity index (χ4n) is 1.54. The van der Waals surface area contributed by atoms with Gasteiger partial charge in [0.15, 0.2) is 9.84 Å². The van der Waals surface area contributed by atoms with Crippen LogP contribution in [0, 0.1) is 0 Å². The van der Waals surface area contributed by atoms with Crippen LogP contribution in [-0.2, 0) is 14.6 Å². The first-order chi connectivity index (χ1) is 9.46. The molecule has 5 nitrogen and oxygen atoms in total. The summed E-state index contributed by atoms with van der Waals surface area (Å²) in [7, 11) is -3.77. The third-order valence-corrected chi connectivity index (χ3v) is 5.03. The summed E-state index contributed by atoms with van der Waals surface area (Å²) in [5.41, 5.74) is -0.887. The summed E-state index contributed by atoms with van der Waals surface area (Å²) in [6, 6.07) is 2.40. The second-order valence-corrected chi connectivity index (χ2v) is 8.18. The monoisotopic (exact) mass is 354 g/mol. The number of carboxylic acids is 1. The predicted molar refractivity (Wildman–Crippen MR) is 81.2 cm³/mol. The van der Waals surface area contributed by atoms with Crippen molar-refractivity contribution < 1.29 is 23.1 Å². The summed E-state index contributed by atoms with van der Waals surface area (Å²) in [6.45, 7) is 5.39. The van der Waals surface area contributed by atoms with Gasteiger partial charge in [-0.3, -0.25) is 0 Å². The van der Waals surface area contributed by atoms with E-state index in [-0.39, 0.29) is 27.3 Å².